The van der Waals surface area contributed by atoms with Crippen LogP contribution < -0.4 is 5.32 Å². The summed E-state index contributed by atoms with van der Waals surface area (Å²) >= 11 is 0. The molecule has 1 aliphatic rings. The fourth-order valence-corrected chi connectivity index (χ4v) is 1.79. The van der Waals surface area contributed by atoms with E-state index in [2.05, 4.69) is 24.2 Å². The van der Waals surface area contributed by atoms with E-state index in [1.165, 1.54) is 58.2 Å². The topological polar surface area (TPSA) is 15.3 Å². The summed E-state index contributed by atoms with van der Waals surface area (Å²) in [6, 6.07) is 0.938. The SMILES string of the molecule is CCCNCCCCCN(C)C1CC1. The van der Waals surface area contributed by atoms with Crippen molar-refractivity contribution in [2.24, 2.45) is 0 Å². The van der Waals surface area contributed by atoms with Crippen LogP contribution in [-0.2, 0) is 0 Å². The number of nitrogens with one attached hydrogen (secondary N) is 1. The van der Waals surface area contributed by atoms with E-state index in [9.17, 15) is 0 Å². The van der Waals surface area contributed by atoms with Gasteiger partial charge >= 0.3 is 0 Å². The van der Waals surface area contributed by atoms with Crippen molar-refractivity contribution in [1.82, 2.24) is 10.2 Å². The summed E-state index contributed by atoms with van der Waals surface area (Å²) in [7, 11) is 2.27. The Bertz CT molecular complexity index is 132. The molecular weight excluding hydrogens is 172 g/mol. The average molecular weight is 198 g/mol. The maximum absolute atomic E-state index is 3.44. The van der Waals surface area contributed by atoms with Gasteiger partial charge in [0.05, 0.1) is 0 Å². The molecule has 0 saturated heterocycles. The first-order valence-electron chi connectivity index (χ1n) is 6.25. The predicted octanol–water partition coefficient (Wildman–Crippen LogP) is 2.25. The van der Waals surface area contributed by atoms with Crippen LogP contribution in [0.1, 0.15) is 45.4 Å². The van der Waals surface area contributed by atoms with Crippen molar-refractivity contribution in [2.45, 2.75) is 51.5 Å². The molecule has 0 amide bonds. The van der Waals surface area contributed by atoms with Crippen molar-refractivity contribution < 1.29 is 0 Å². The van der Waals surface area contributed by atoms with Crippen LogP contribution in [0.3, 0.4) is 0 Å². The Balaban J connectivity index is 1.75. The second kappa shape index (κ2) is 7.24. The van der Waals surface area contributed by atoms with Gasteiger partial charge in [-0.2, -0.15) is 0 Å². The normalized spacial score (nSPS) is 16.5. The quantitative estimate of drug-likeness (QED) is 0.572. The molecule has 2 nitrogen and oxygen atoms in total. The number of hydrogen-bond acceptors (Lipinski definition) is 2. The Morgan fingerprint density at radius 2 is 1.93 bits per heavy atom. The predicted molar refractivity (Wildman–Crippen MR) is 62.7 cm³/mol. The van der Waals surface area contributed by atoms with Crippen molar-refractivity contribution in [3.05, 3.63) is 0 Å². The summed E-state index contributed by atoms with van der Waals surface area (Å²) in [5.74, 6) is 0. The molecule has 0 aromatic rings. The molecule has 0 heterocycles. The van der Waals surface area contributed by atoms with Crippen LogP contribution in [0, 0.1) is 0 Å². The molecule has 0 spiro atoms. The highest BCUT2D eigenvalue weighted by atomic mass is 15.1. The van der Waals surface area contributed by atoms with Gasteiger partial charge in [0.25, 0.3) is 0 Å². The van der Waals surface area contributed by atoms with E-state index < -0.39 is 0 Å². The first-order valence-corrected chi connectivity index (χ1v) is 6.25. The van der Waals surface area contributed by atoms with Crippen LogP contribution in [0.15, 0.2) is 0 Å². The van der Waals surface area contributed by atoms with Gasteiger partial charge in [0.1, 0.15) is 0 Å². The van der Waals surface area contributed by atoms with Crippen molar-refractivity contribution in [1.29, 1.82) is 0 Å². The average Bonchev–Trinajstić information content (AvgIpc) is 2.99. The van der Waals surface area contributed by atoms with E-state index in [-0.39, 0.29) is 0 Å². The van der Waals surface area contributed by atoms with Gasteiger partial charge in [0, 0.05) is 6.04 Å². The lowest BCUT2D eigenvalue weighted by atomic mass is 10.2. The van der Waals surface area contributed by atoms with Gasteiger partial charge in [-0.05, 0) is 58.8 Å². The second-order valence-electron chi connectivity index (χ2n) is 4.52. The number of nitrogens with zero attached hydrogens (tertiary/aromatic N) is 1. The van der Waals surface area contributed by atoms with E-state index in [4.69, 9.17) is 0 Å². The van der Waals surface area contributed by atoms with Gasteiger partial charge in [0.2, 0.25) is 0 Å². The van der Waals surface area contributed by atoms with Crippen molar-refractivity contribution in [2.75, 3.05) is 26.7 Å². The van der Waals surface area contributed by atoms with Crippen LogP contribution >= 0.6 is 0 Å². The van der Waals surface area contributed by atoms with Gasteiger partial charge < -0.3 is 10.2 Å². The molecule has 0 aromatic carbocycles. The molecule has 0 atom stereocenters. The number of rotatable bonds is 9. The fourth-order valence-electron chi connectivity index (χ4n) is 1.79. The molecule has 0 bridgehead atoms. The van der Waals surface area contributed by atoms with Crippen LogP contribution in [-0.4, -0.2) is 37.6 Å². The number of unbranched alkanes of at least 4 members (excludes halogenated alkanes) is 2. The van der Waals surface area contributed by atoms with Crippen molar-refractivity contribution in [3.8, 4) is 0 Å². The lowest BCUT2D eigenvalue weighted by Crippen LogP contribution is -2.22. The summed E-state index contributed by atoms with van der Waals surface area (Å²) in [5.41, 5.74) is 0. The third-order valence-electron chi connectivity index (χ3n) is 2.96. The molecule has 1 rings (SSSR count). The molecule has 2 heteroatoms. The van der Waals surface area contributed by atoms with Gasteiger partial charge in [-0.3, -0.25) is 0 Å². The van der Waals surface area contributed by atoms with E-state index in [1.54, 1.807) is 0 Å². The lowest BCUT2D eigenvalue weighted by Gasteiger charge is -2.14. The van der Waals surface area contributed by atoms with Crippen molar-refractivity contribution in [3.63, 3.8) is 0 Å². The van der Waals surface area contributed by atoms with Gasteiger partial charge in [-0.1, -0.05) is 13.3 Å². The Morgan fingerprint density at radius 1 is 1.14 bits per heavy atom. The summed E-state index contributed by atoms with van der Waals surface area (Å²) in [6.45, 7) is 5.92. The third-order valence-corrected chi connectivity index (χ3v) is 2.96. The molecule has 0 aromatic heterocycles. The molecule has 1 saturated carbocycles. The molecule has 14 heavy (non-hydrogen) atoms. The van der Waals surface area contributed by atoms with Crippen LogP contribution in [0.5, 0.6) is 0 Å². The minimum absolute atomic E-state index is 0.938. The molecule has 84 valence electrons. The molecule has 1 fully saturated rings. The molecule has 0 unspecified atom stereocenters. The monoisotopic (exact) mass is 198 g/mol. The summed E-state index contributed by atoms with van der Waals surface area (Å²) in [4.78, 5) is 2.53. The second-order valence-corrected chi connectivity index (χ2v) is 4.52. The minimum Gasteiger partial charge on any atom is -0.317 e. The van der Waals surface area contributed by atoms with Gasteiger partial charge in [-0.25, -0.2) is 0 Å². The fraction of sp³-hybridized carbons (Fsp3) is 1.00. The highest BCUT2D eigenvalue weighted by molar-refractivity contribution is 4.82. The highest BCUT2D eigenvalue weighted by Crippen LogP contribution is 2.25. The molecule has 1 N–H and O–H groups in total. The van der Waals surface area contributed by atoms with E-state index >= 15 is 0 Å². The molecular formula is C12H26N2. The van der Waals surface area contributed by atoms with Crippen LogP contribution in [0.25, 0.3) is 0 Å². The molecule has 0 aliphatic heterocycles. The summed E-state index contributed by atoms with van der Waals surface area (Å²) in [5, 5.41) is 3.44. The zero-order valence-corrected chi connectivity index (χ0v) is 9.89. The maximum atomic E-state index is 3.44. The largest absolute Gasteiger partial charge is 0.317 e. The standard InChI is InChI=1S/C12H26N2/c1-3-9-13-10-5-4-6-11-14(2)12-7-8-12/h12-13H,3-11H2,1-2H3. The third kappa shape index (κ3) is 5.61. The van der Waals surface area contributed by atoms with Crippen molar-refractivity contribution >= 4 is 0 Å². The summed E-state index contributed by atoms with van der Waals surface area (Å²) < 4.78 is 0. The number of hydrogen-bond donors (Lipinski definition) is 1. The smallest absolute Gasteiger partial charge is 0.00933 e. The Labute approximate surface area is 89.1 Å². The Hall–Kier alpha value is -0.0800. The zero-order valence-electron chi connectivity index (χ0n) is 9.89. The molecule has 1 aliphatic carbocycles. The Morgan fingerprint density at radius 3 is 2.57 bits per heavy atom. The van der Waals surface area contributed by atoms with Gasteiger partial charge in [-0.15, -0.1) is 0 Å². The minimum atomic E-state index is 0.938. The van der Waals surface area contributed by atoms with E-state index in [1.807, 2.05) is 0 Å². The summed E-state index contributed by atoms with van der Waals surface area (Å²) in [6.07, 6.45) is 8.24. The zero-order chi connectivity index (χ0) is 10.2. The van der Waals surface area contributed by atoms with E-state index in [0.717, 1.165) is 6.04 Å². The molecule has 0 radical (unpaired) electrons. The van der Waals surface area contributed by atoms with Crippen LogP contribution in [0.4, 0.5) is 0 Å². The highest BCUT2D eigenvalue weighted by Gasteiger charge is 2.25. The lowest BCUT2D eigenvalue weighted by molar-refractivity contribution is 0.314. The first kappa shape index (κ1) is 12.0. The van der Waals surface area contributed by atoms with Gasteiger partial charge in [0.15, 0.2) is 0 Å². The maximum Gasteiger partial charge on any atom is 0.00933 e. The first-order chi connectivity index (χ1) is 6.84. The Kier molecular flexibility index (Phi) is 6.20. The van der Waals surface area contributed by atoms with E-state index in [0.29, 0.717) is 0 Å². The van der Waals surface area contributed by atoms with Crippen LogP contribution in [0.2, 0.25) is 0 Å².